The molecule has 6 heteroatoms. The van der Waals surface area contributed by atoms with Gasteiger partial charge in [0.1, 0.15) is 5.75 Å². The first-order chi connectivity index (χ1) is 11.9. The number of hydrogen-bond acceptors (Lipinski definition) is 4. The molecule has 0 fully saturated rings. The van der Waals surface area contributed by atoms with Crippen LogP contribution in [0.2, 0.25) is 0 Å². The molecule has 0 heterocycles. The molecule has 5 nitrogen and oxygen atoms in total. The molecule has 0 aliphatic rings. The molecular weight excluding hydrogens is 336 g/mol. The number of amides is 2. The summed E-state index contributed by atoms with van der Waals surface area (Å²) in [7, 11) is 1.54. The number of aryl methyl sites for hydroxylation is 2. The maximum Gasteiger partial charge on any atom is 0.234 e. The Balaban J connectivity index is 2.04. The molecule has 0 atom stereocenters. The van der Waals surface area contributed by atoms with Crippen LogP contribution < -0.4 is 15.4 Å². The number of rotatable bonds is 6. The second-order valence-electron chi connectivity index (χ2n) is 5.70. The lowest BCUT2D eigenvalue weighted by Crippen LogP contribution is -2.15. The summed E-state index contributed by atoms with van der Waals surface area (Å²) >= 11 is 1.49. The van der Waals surface area contributed by atoms with Crippen molar-refractivity contribution in [3.05, 3.63) is 47.5 Å². The molecule has 2 aromatic rings. The van der Waals surface area contributed by atoms with Gasteiger partial charge >= 0.3 is 0 Å². The van der Waals surface area contributed by atoms with Gasteiger partial charge in [-0.1, -0.05) is 17.7 Å². The molecular formula is C19H22N2O3S. The number of methoxy groups -OCH3 is 1. The lowest BCUT2D eigenvalue weighted by Gasteiger charge is -2.12. The Morgan fingerprint density at radius 2 is 1.84 bits per heavy atom. The predicted molar refractivity (Wildman–Crippen MR) is 103 cm³/mol. The van der Waals surface area contributed by atoms with E-state index in [0.717, 1.165) is 10.5 Å². The van der Waals surface area contributed by atoms with Gasteiger partial charge in [-0.15, -0.1) is 11.8 Å². The van der Waals surface area contributed by atoms with Gasteiger partial charge in [-0.25, -0.2) is 0 Å². The minimum atomic E-state index is -0.173. The lowest BCUT2D eigenvalue weighted by atomic mass is 10.2. The summed E-state index contributed by atoms with van der Waals surface area (Å²) in [4.78, 5) is 24.6. The van der Waals surface area contributed by atoms with Crippen molar-refractivity contribution < 1.29 is 14.3 Å². The fourth-order valence-electron chi connectivity index (χ4n) is 2.38. The number of ether oxygens (including phenoxy) is 1. The summed E-state index contributed by atoms with van der Waals surface area (Å²) in [6.07, 6.45) is 0. The Morgan fingerprint density at radius 1 is 1.08 bits per heavy atom. The average molecular weight is 358 g/mol. The Kier molecular flexibility index (Phi) is 6.47. The van der Waals surface area contributed by atoms with Crippen molar-refractivity contribution in [2.24, 2.45) is 0 Å². The highest BCUT2D eigenvalue weighted by molar-refractivity contribution is 8.00. The predicted octanol–water partition coefficient (Wildman–Crippen LogP) is 4.00. The van der Waals surface area contributed by atoms with E-state index >= 15 is 0 Å². The molecule has 0 aromatic heterocycles. The van der Waals surface area contributed by atoms with E-state index in [0.29, 0.717) is 17.1 Å². The zero-order chi connectivity index (χ0) is 18.4. The van der Waals surface area contributed by atoms with Crippen molar-refractivity contribution in [1.82, 2.24) is 0 Å². The number of thioether (sulfide) groups is 1. The zero-order valence-electron chi connectivity index (χ0n) is 14.8. The van der Waals surface area contributed by atoms with Crippen LogP contribution in [0.5, 0.6) is 5.75 Å². The van der Waals surface area contributed by atoms with E-state index in [1.165, 1.54) is 31.4 Å². The Bertz CT molecular complexity index is 790. The van der Waals surface area contributed by atoms with Gasteiger partial charge in [-0.2, -0.15) is 0 Å². The molecule has 0 saturated heterocycles. The topological polar surface area (TPSA) is 67.4 Å². The maximum atomic E-state index is 12.3. The van der Waals surface area contributed by atoms with Crippen LogP contribution in [0.4, 0.5) is 11.4 Å². The summed E-state index contributed by atoms with van der Waals surface area (Å²) in [5, 5.41) is 5.53. The molecule has 2 amide bonds. The van der Waals surface area contributed by atoms with E-state index in [1.807, 2.05) is 26.0 Å². The monoisotopic (exact) mass is 358 g/mol. The van der Waals surface area contributed by atoms with Gasteiger partial charge < -0.3 is 15.4 Å². The van der Waals surface area contributed by atoms with Crippen LogP contribution in [-0.4, -0.2) is 24.7 Å². The van der Waals surface area contributed by atoms with Gasteiger partial charge in [0.15, 0.2) is 0 Å². The second-order valence-corrected chi connectivity index (χ2v) is 6.72. The van der Waals surface area contributed by atoms with Crippen LogP contribution in [0, 0.1) is 13.8 Å². The Morgan fingerprint density at radius 3 is 2.48 bits per heavy atom. The molecule has 0 radical (unpaired) electrons. The van der Waals surface area contributed by atoms with E-state index in [4.69, 9.17) is 4.74 Å². The normalized spacial score (nSPS) is 10.2. The minimum absolute atomic E-state index is 0.136. The van der Waals surface area contributed by atoms with Crippen molar-refractivity contribution in [3.63, 3.8) is 0 Å². The highest BCUT2D eigenvalue weighted by Crippen LogP contribution is 2.29. The number of hydrogen-bond donors (Lipinski definition) is 2. The van der Waals surface area contributed by atoms with E-state index in [9.17, 15) is 9.59 Å². The number of nitrogens with one attached hydrogen (secondary N) is 2. The van der Waals surface area contributed by atoms with Crippen LogP contribution in [0.15, 0.2) is 41.3 Å². The first kappa shape index (κ1) is 18.9. The molecule has 0 aliphatic heterocycles. The molecule has 0 unspecified atom stereocenters. The van der Waals surface area contributed by atoms with Gasteiger partial charge in [-0.05, 0) is 43.7 Å². The molecule has 132 valence electrons. The summed E-state index contributed by atoms with van der Waals surface area (Å²) in [6.45, 7) is 5.51. The van der Waals surface area contributed by atoms with Crippen LogP contribution in [0.25, 0.3) is 0 Å². The molecule has 25 heavy (non-hydrogen) atoms. The van der Waals surface area contributed by atoms with Crippen molar-refractivity contribution in [2.75, 3.05) is 23.5 Å². The number of benzene rings is 2. The zero-order valence-corrected chi connectivity index (χ0v) is 15.6. The minimum Gasteiger partial charge on any atom is -0.495 e. The molecule has 0 bridgehead atoms. The standard InChI is InChI=1S/C19H22N2O3S/c1-12-5-8-18(13(2)9-12)25-11-19(23)21-16-10-15(20-14(3)22)6-7-17(16)24-4/h5-10H,11H2,1-4H3,(H,20,22)(H,21,23). The number of anilines is 2. The molecule has 2 rings (SSSR count). The highest BCUT2D eigenvalue weighted by Gasteiger charge is 2.10. The van der Waals surface area contributed by atoms with E-state index in [1.54, 1.807) is 18.2 Å². The fourth-order valence-corrected chi connectivity index (χ4v) is 3.19. The summed E-state index contributed by atoms with van der Waals surface area (Å²) < 4.78 is 5.27. The molecule has 2 aromatic carbocycles. The van der Waals surface area contributed by atoms with Gasteiger partial charge in [-0.3, -0.25) is 9.59 Å². The van der Waals surface area contributed by atoms with E-state index < -0.39 is 0 Å². The van der Waals surface area contributed by atoms with Gasteiger partial charge in [0.25, 0.3) is 0 Å². The molecule has 2 N–H and O–H groups in total. The van der Waals surface area contributed by atoms with Crippen LogP contribution in [0.3, 0.4) is 0 Å². The van der Waals surface area contributed by atoms with Crippen molar-refractivity contribution >= 4 is 35.0 Å². The van der Waals surface area contributed by atoms with Crippen molar-refractivity contribution in [2.45, 2.75) is 25.7 Å². The third kappa shape index (κ3) is 5.53. The molecule has 0 aliphatic carbocycles. The smallest absolute Gasteiger partial charge is 0.234 e. The fraction of sp³-hybridized carbons (Fsp3) is 0.263. The van der Waals surface area contributed by atoms with Crippen LogP contribution in [-0.2, 0) is 9.59 Å². The Labute approximate surface area is 152 Å². The van der Waals surface area contributed by atoms with Gasteiger partial charge in [0.05, 0.1) is 18.6 Å². The van der Waals surface area contributed by atoms with E-state index in [2.05, 4.69) is 16.7 Å². The molecule has 0 spiro atoms. The number of carbonyl (C=O) groups excluding carboxylic acids is 2. The highest BCUT2D eigenvalue weighted by atomic mass is 32.2. The van der Waals surface area contributed by atoms with Crippen LogP contribution in [0.1, 0.15) is 18.1 Å². The Hall–Kier alpha value is -2.47. The van der Waals surface area contributed by atoms with Crippen LogP contribution >= 0.6 is 11.8 Å². The lowest BCUT2D eigenvalue weighted by molar-refractivity contribution is -0.114. The first-order valence-corrected chi connectivity index (χ1v) is 8.83. The third-order valence-corrected chi connectivity index (χ3v) is 4.66. The van der Waals surface area contributed by atoms with E-state index in [-0.39, 0.29) is 17.6 Å². The average Bonchev–Trinajstić information content (AvgIpc) is 2.54. The summed E-state index contributed by atoms with van der Waals surface area (Å²) in [6, 6.07) is 11.3. The third-order valence-electron chi connectivity index (χ3n) is 3.48. The largest absolute Gasteiger partial charge is 0.495 e. The SMILES string of the molecule is COc1ccc(NC(C)=O)cc1NC(=O)CSc1ccc(C)cc1C. The quantitative estimate of drug-likeness (QED) is 0.766. The first-order valence-electron chi connectivity index (χ1n) is 7.84. The van der Waals surface area contributed by atoms with Crippen molar-refractivity contribution in [3.8, 4) is 5.75 Å². The van der Waals surface area contributed by atoms with Crippen molar-refractivity contribution in [1.29, 1.82) is 0 Å². The number of carbonyl (C=O) groups is 2. The summed E-state index contributed by atoms with van der Waals surface area (Å²) in [5.74, 6) is 0.521. The second kappa shape index (κ2) is 8.58. The maximum absolute atomic E-state index is 12.3. The van der Waals surface area contributed by atoms with Gasteiger partial charge in [0, 0.05) is 17.5 Å². The molecule has 0 saturated carbocycles. The summed E-state index contributed by atoms with van der Waals surface area (Å²) in [5.41, 5.74) is 3.49. The van der Waals surface area contributed by atoms with Gasteiger partial charge in [0.2, 0.25) is 11.8 Å².